The molecule has 6 nitrogen and oxygen atoms in total. The Hall–Kier alpha value is -1.14. The van der Waals surface area contributed by atoms with Crippen LogP contribution in [0.3, 0.4) is 0 Å². The van der Waals surface area contributed by atoms with E-state index >= 15 is 0 Å². The number of rotatable bonds is 9. The number of hydrogen-bond acceptors (Lipinski definition) is 6. The molecule has 20 heavy (non-hydrogen) atoms. The van der Waals surface area contributed by atoms with Gasteiger partial charge in [-0.1, -0.05) is 27.7 Å². The van der Waals surface area contributed by atoms with Crippen LogP contribution in [0.25, 0.3) is 0 Å². The van der Waals surface area contributed by atoms with Gasteiger partial charge in [-0.3, -0.25) is 9.59 Å². The minimum atomic E-state index is -0.495. The van der Waals surface area contributed by atoms with Gasteiger partial charge in [-0.15, -0.1) is 0 Å². The molecule has 0 fully saturated rings. The lowest BCUT2D eigenvalue weighted by atomic mass is 9.96. The third kappa shape index (κ3) is 8.87. The highest BCUT2D eigenvalue weighted by Crippen LogP contribution is 2.15. The molecule has 0 saturated heterocycles. The molecule has 0 bridgehead atoms. The summed E-state index contributed by atoms with van der Waals surface area (Å²) in [5.74, 6) is -0.991. The highest BCUT2D eigenvalue weighted by molar-refractivity contribution is 5.77. The summed E-state index contributed by atoms with van der Waals surface area (Å²) in [5.41, 5.74) is -0.970. The standard InChI is InChI=1S/C14H26O6/c1-13(2,7-15)9-19-11(17)5-6-12(18)20-10-14(3,4)8-16/h15-16H,5-10H2,1-4H3. The van der Waals surface area contributed by atoms with E-state index in [1.165, 1.54) is 0 Å². The first kappa shape index (κ1) is 18.9. The molecular weight excluding hydrogens is 264 g/mol. The Morgan fingerprint density at radius 1 is 0.800 bits per heavy atom. The number of hydrogen-bond donors (Lipinski definition) is 2. The number of carbonyl (C=O) groups excluding carboxylic acids is 2. The normalized spacial score (nSPS) is 12.1. The summed E-state index contributed by atoms with van der Waals surface area (Å²) in [4.78, 5) is 22.8. The van der Waals surface area contributed by atoms with Gasteiger partial charge < -0.3 is 19.7 Å². The molecule has 0 unspecified atom stereocenters. The van der Waals surface area contributed by atoms with Crippen molar-refractivity contribution in [3.05, 3.63) is 0 Å². The largest absolute Gasteiger partial charge is 0.465 e. The van der Waals surface area contributed by atoms with Gasteiger partial charge in [0.2, 0.25) is 0 Å². The topological polar surface area (TPSA) is 93.1 Å². The molecule has 0 aromatic rings. The predicted octanol–water partition coefficient (Wildman–Crippen LogP) is 0.890. The average Bonchev–Trinajstić information content (AvgIpc) is 2.40. The molecule has 0 aromatic heterocycles. The minimum Gasteiger partial charge on any atom is -0.465 e. The summed E-state index contributed by atoms with van der Waals surface area (Å²) in [6.45, 7) is 7.12. The van der Waals surface area contributed by atoms with Crippen molar-refractivity contribution in [3.8, 4) is 0 Å². The zero-order valence-electron chi connectivity index (χ0n) is 12.8. The fourth-order valence-electron chi connectivity index (χ4n) is 0.991. The Bertz CT molecular complexity index is 290. The van der Waals surface area contributed by atoms with Crippen LogP contribution in [0.15, 0.2) is 0 Å². The van der Waals surface area contributed by atoms with E-state index in [1.54, 1.807) is 27.7 Å². The van der Waals surface area contributed by atoms with E-state index in [-0.39, 0.29) is 39.3 Å². The molecule has 0 aliphatic rings. The molecule has 118 valence electrons. The van der Waals surface area contributed by atoms with Crippen molar-refractivity contribution in [3.63, 3.8) is 0 Å². The van der Waals surface area contributed by atoms with Gasteiger partial charge in [0.05, 0.1) is 39.3 Å². The maximum atomic E-state index is 11.4. The Balaban J connectivity index is 3.87. The van der Waals surface area contributed by atoms with Crippen molar-refractivity contribution in [2.75, 3.05) is 26.4 Å². The van der Waals surface area contributed by atoms with Gasteiger partial charge in [0.1, 0.15) is 0 Å². The molecule has 0 atom stereocenters. The summed E-state index contributed by atoms with van der Waals surface area (Å²) in [7, 11) is 0. The third-order valence-corrected chi connectivity index (χ3v) is 2.64. The number of aliphatic hydroxyl groups excluding tert-OH is 2. The van der Waals surface area contributed by atoms with Crippen molar-refractivity contribution >= 4 is 11.9 Å². The first-order valence-electron chi connectivity index (χ1n) is 6.65. The molecule has 0 rings (SSSR count). The highest BCUT2D eigenvalue weighted by Gasteiger charge is 2.21. The first-order valence-corrected chi connectivity index (χ1v) is 6.65. The molecule has 0 amide bonds. The van der Waals surface area contributed by atoms with E-state index in [9.17, 15) is 9.59 Å². The Kier molecular flexibility index (Phi) is 7.75. The van der Waals surface area contributed by atoms with E-state index in [4.69, 9.17) is 19.7 Å². The van der Waals surface area contributed by atoms with Crippen LogP contribution in [-0.2, 0) is 19.1 Å². The van der Waals surface area contributed by atoms with Crippen molar-refractivity contribution in [2.45, 2.75) is 40.5 Å². The SMILES string of the molecule is CC(C)(CO)COC(=O)CCC(=O)OCC(C)(C)CO. The van der Waals surface area contributed by atoms with Crippen LogP contribution < -0.4 is 0 Å². The van der Waals surface area contributed by atoms with E-state index in [1.807, 2.05) is 0 Å². The lowest BCUT2D eigenvalue weighted by Crippen LogP contribution is -2.27. The first-order chi connectivity index (χ1) is 9.12. The van der Waals surface area contributed by atoms with Crippen LogP contribution >= 0.6 is 0 Å². The van der Waals surface area contributed by atoms with Gasteiger partial charge >= 0.3 is 11.9 Å². The fraction of sp³-hybridized carbons (Fsp3) is 0.857. The second-order valence-electron chi connectivity index (χ2n) is 6.47. The summed E-state index contributed by atoms with van der Waals surface area (Å²) >= 11 is 0. The number of ether oxygens (including phenoxy) is 2. The van der Waals surface area contributed by atoms with Crippen LogP contribution in [0.2, 0.25) is 0 Å². The van der Waals surface area contributed by atoms with E-state index in [2.05, 4.69) is 0 Å². The van der Waals surface area contributed by atoms with Crippen molar-refractivity contribution in [1.29, 1.82) is 0 Å². The third-order valence-electron chi connectivity index (χ3n) is 2.64. The van der Waals surface area contributed by atoms with Crippen LogP contribution in [0.1, 0.15) is 40.5 Å². The fourth-order valence-corrected chi connectivity index (χ4v) is 0.991. The van der Waals surface area contributed by atoms with Gasteiger partial charge in [0.25, 0.3) is 0 Å². The monoisotopic (exact) mass is 290 g/mol. The minimum absolute atomic E-state index is 0.0557. The molecule has 0 heterocycles. The molecule has 0 saturated carbocycles. The number of carbonyl (C=O) groups is 2. The molecule has 0 aliphatic carbocycles. The van der Waals surface area contributed by atoms with Crippen molar-refractivity contribution in [1.82, 2.24) is 0 Å². The smallest absolute Gasteiger partial charge is 0.306 e. The molecule has 0 aromatic carbocycles. The molecule has 0 spiro atoms. The summed E-state index contributed by atoms with van der Waals surface area (Å²) in [5, 5.41) is 18.0. The molecule has 0 aliphatic heterocycles. The van der Waals surface area contributed by atoms with Gasteiger partial charge in [-0.25, -0.2) is 0 Å². The molecule has 6 heteroatoms. The van der Waals surface area contributed by atoms with Crippen molar-refractivity contribution in [2.24, 2.45) is 10.8 Å². The van der Waals surface area contributed by atoms with Crippen LogP contribution in [0, 0.1) is 10.8 Å². The number of aliphatic hydroxyl groups is 2. The van der Waals surface area contributed by atoms with E-state index in [0.29, 0.717) is 0 Å². The van der Waals surface area contributed by atoms with Crippen molar-refractivity contribution < 1.29 is 29.3 Å². The summed E-state index contributed by atoms with van der Waals surface area (Å²) in [6.07, 6.45) is -0.111. The zero-order chi connectivity index (χ0) is 15.8. The van der Waals surface area contributed by atoms with Crippen LogP contribution in [0.4, 0.5) is 0 Å². The second kappa shape index (κ2) is 8.21. The Labute approximate surface area is 120 Å². The van der Waals surface area contributed by atoms with Gasteiger partial charge in [-0.05, 0) is 0 Å². The zero-order valence-corrected chi connectivity index (χ0v) is 12.8. The van der Waals surface area contributed by atoms with E-state index < -0.39 is 22.8 Å². The Morgan fingerprint density at radius 2 is 1.10 bits per heavy atom. The average molecular weight is 290 g/mol. The molecule has 2 N–H and O–H groups in total. The quantitative estimate of drug-likeness (QED) is 0.613. The molecular formula is C14H26O6. The van der Waals surface area contributed by atoms with Crippen LogP contribution in [-0.4, -0.2) is 48.6 Å². The second-order valence-corrected chi connectivity index (χ2v) is 6.47. The van der Waals surface area contributed by atoms with Gasteiger partial charge in [-0.2, -0.15) is 0 Å². The van der Waals surface area contributed by atoms with E-state index in [0.717, 1.165) is 0 Å². The number of esters is 2. The Morgan fingerprint density at radius 3 is 1.35 bits per heavy atom. The lowest BCUT2D eigenvalue weighted by molar-refractivity contribution is -0.154. The van der Waals surface area contributed by atoms with Gasteiger partial charge in [0.15, 0.2) is 0 Å². The maximum Gasteiger partial charge on any atom is 0.306 e. The van der Waals surface area contributed by atoms with Gasteiger partial charge in [0, 0.05) is 10.8 Å². The summed E-state index contributed by atoms with van der Waals surface area (Å²) < 4.78 is 9.94. The molecule has 0 radical (unpaired) electrons. The van der Waals surface area contributed by atoms with Crippen LogP contribution in [0.5, 0.6) is 0 Å². The summed E-state index contributed by atoms with van der Waals surface area (Å²) in [6, 6.07) is 0. The maximum absolute atomic E-state index is 11.4. The highest BCUT2D eigenvalue weighted by atomic mass is 16.5. The lowest BCUT2D eigenvalue weighted by Gasteiger charge is -2.21. The predicted molar refractivity (Wildman–Crippen MR) is 72.9 cm³/mol.